The van der Waals surface area contributed by atoms with Gasteiger partial charge in [-0.3, -0.25) is 15.0 Å². The van der Waals surface area contributed by atoms with Crippen molar-refractivity contribution >= 4 is 17.9 Å². The Morgan fingerprint density at radius 3 is 1.86 bits per heavy atom. The lowest BCUT2D eigenvalue weighted by Crippen LogP contribution is -2.34. The van der Waals surface area contributed by atoms with Crippen molar-refractivity contribution in [3.63, 3.8) is 0 Å². The molecule has 1 unspecified atom stereocenters. The molecule has 0 saturated carbocycles. The summed E-state index contributed by atoms with van der Waals surface area (Å²) in [6.45, 7) is 2.49. The van der Waals surface area contributed by atoms with Gasteiger partial charge in [0, 0.05) is 6.54 Å². The first-order valence-electron chi connectivity index (χ1n) is 6.77. The molecule has 0 amide bonds. The Balaban J connectivity index is 0. The highest BCUT2D eigenvalue weighted by atomic mass is 16.4. The summed E-state index contributed by atoms with van der Waals surface area (Å²) in [4.78, 5) is 20.3. The van der Waals surface area contributed by atoms with Crippen LogP contribution in [0.1, 0.15) is 39.0 Å². The van der Waals surface area contributed by atoms with Gasteiger partial charge in [-0.1, -0.05) is 19.8 Å². The van der Waals surface area contributed by atoms with Crippen molar-refractivity contribution in [2.75, 3.05) is 6.54 Å². The summed E-state index contributed by atoms with van der Waals surface area (Å²) in [5.41, 5.74) is 15.4. The van der Waals surface area contributed by atoms with Gasteiger partial charge in [0.1, 0.15) is 12.1 Å². The molecule has 0 aromatic heterocycles. The number of carboxylic acids is 2. The number of carboxylic acid groups (broad SMARTS) is 2. The molecule has 0 bridgehead atoms. The largest absolute Gasteiger partial charge is 0.480 e. The van der Waals surface area contributed by atoms with Gasteiger partial charge >= 0.3 is 11.9 Å². The van der Waals surface area contributed by atoms with Crippen molar-refractivity contribution in [1.29, 1.82) is 5.41 Å². The molecule has 21 heavy (non-hydrogen) atoms. The smallest absolute Gasteiger partial charge is 0.320 e. The van der Waals surface area contributed by atoms with Crippen molar-refractivity contribution in [3.05, 3.63) is 0 Å². The van der Waals surface area contributed by atoms with Crippen molar-refractivity contribution in [2.24, 2.45) is 17.2 Å². The maximum atomic E-state index is 10.2. The second-order valence-electron chi connectivity index (χ2n) is 4.51. The van der Waals surface area contributed by atoms with E-state index in [9.17, 15) is 9.59 Å². The number of nitrogens with two attached hydrogens (primary N) is 3. The first kappa shape index (κ1) is 21.4. The average molecular weight is 305 g/mol. The Bertz CT molecular complexity index is 325. The van der Waals surface area contributed by atoms with Crippen LogP contribution in [0.4, 0.5) is 0 Å². The minimum Gasteiger partial charge on any atom is -0.480 e. The summed E-state index contributed by atoms with van der Waals surface area (Å²) in [7, 11) is 0. The number of carbonyl (C=O) groups is 2. The van der Waals surface area contributed by atoms with E-state index in [1.807, 2.05) is 6.92 Å². The normalized spacial score (nSPS) is 12.5. The lowest BCUT2D eigenvalue weighted by Gasteiger charge is -2.06. The van der Waals surface area contributed by atoms with Crippen LogP contribution in [0, 0.1) is 5.41 Å². The fraction of sp³-hybridized carbons (Fsp3) is 0.750. The van der Waals surface area contributed by atoms with E-state index < -0.39 is 24.0 Å². The molecule has 0 aromatic rings. The fourth-order valence-corrected chi connectivity index (χ4v) is 1.22. The summed E-state index contributed by atoms with van der Waals surface area (Å²) in [6.07, 6.45) is 3.46. The van der Waals surface area contributed by atoms with E-state index in [1.165, 1.54) is 0 Å². The molecule has 0 aliphatic carbocycles. The third-order valence-corrected chi connectivity index (χ3v) is 2.51. The van der Waals surface area contributed by atoms with Gasteiger partial charge in [0.05, 0.1) is 0 Å². The molecule has 2 atom stereocenters. The third-order valence-electron chi connectivity index (χ3n) is 2.51. The molecule has 10 N–H and O–H groups in total. The van der Waals surface area contributed by atoms with E-state index in [2.05, 4.69) is 5.32 Å². The number of nitrogens with one attached hydrogen (secondary N) is 2. The van der Waals surface area contributed by atoms with Gasteiger partial charge in [-0.2, -0.15) is 0 Å². The zero-order chi connectivity index (χ0) is 16.8. The van der Waals surface area contributed by atoms with Gasteiger partial charge < -0.3 is 32.7 Å². The van der Waals surface area contributed by atoms with Gasteiger partial charge in [-0.05, 0) is 19.3 Å². The lowest BCUT2D eigenvalue weighted by molar-refractivity contribution is -0.139. The number of unbranched alkanes of at least 4 members (excludes halogenated alkanes) is 1. The van der Waals surface area contributed by atoms with Crippen LogP contribution in [0.15, 0.2) is 0 Å². The predicted molar refractivity (Wildman–Crippen MR) is 79.9 cm³/mol. The zero-order valence-electron chi connectivity index (χ0n) is 12.3. The Labute approximate surface area is 124 Å². The van der Waals surface area contributed by atoms with Gasteiger partial charge in [-0.25, -0.2) is 0 Å². The highest BCUT2D eigenvalue weighted by Crippen LogP contribution is 1.97. The van der Waals surface area contributed by atoms with Gasteiger partial charge in [0.25, 0.3) is 0 Å². The number of guanidine groups is 1. The van der Waals surface area contributed by atoms with E-state index in [1.54, 1.807) is 0 Å². The minimum atomic E-state index is -1.00. The molecular formula is C12H27N5O4. The first-order chi connectivity index (χ1) is 9.72. The van der Waals surface area contributed by atoms with E-state index in [-0.39, 0.29) is 5.96 Å². The molecule has 0 aliphatic heterocycles. The van der Waals surface area contributed by atoms with Crippen molar-refractivity contribution in [2.45, 2.75) is 51.1 Å². The van der Waals surface area contributed by atoms with Crippen LogP contribution in [0.5, 0.6) is 0 Å². The number of hydrogen-bond donors (Lipinski definition) is 7. The molecule has 0 fully saturated rings. The Morgan fingerprint density at radius 1 is 1.10 bits per heavy atom. The van der Waals surface area contributed by atoms with Crippen LogP contribution in [-0.2, 0) is 9.59 Å². The standard InChI is InChI=1S/C6H14N4O2.C6H13NO2/c7-4(5(11)12)2-1-3-10-6(8)9;1-2-3-4-5(7)6(8)9/h4H,1-3,7H2,(H,11,12)(H4,8,9,10);5H,2-4,7H2,1H3,(H,8,9)/t4-;/m1./s1. The Kier molecular flexibility index (Phi) is 13.4. The van der Waals surface area contributed by atoms with Crippen LogP contribution in [-0.4, -0.2) is 46.7 Å². The molecular weight excluding hydrogens is 278 g/mol. The molecule has 124 valence electrons. The molecule has 0 saturated heterocycles. The zero-order valence-corrected chi connectivity index (χ0v) is 12.3. The third kappa shape index (κ3) is 16.1. The fourth-order valence-electron chi connectivity index (χ4n) is 1.22. The molecule has 9 heteroatoms. The highest BCUT2D eigenvalue weighted by molar-refractivity contribution is 5.74. The second kappa shape index (κ2) is 13.1. The van der Waals surface area contributed by atoms with Crippen LogP contribution in [0.25, 0.3) is 0 Å². The minimum absolute atomic E-state index is 0.112. The Hall–Kier alpha value is -1.87. The molecule has 0 spiro atoms. The summed E-state index contributed by atoms with van der Waals surface area (Å²) in [6, 6.07) is -1.48. The second-order valence-corrected chi connectivity index (χ2v) is 4.51. The summed E-state index contributed by atoms with van der Waals surface area (Å²) in [5, 5.41) is 26.0. The van der Waals surface area contributed by atoms with E-state index in [0.717, 1.165) is 12.8 Å². The van der Waals surface area contributed by atoms with Gasteiger partial charge in [0.2, 0.25) is 0 Å². The van der Waals surface area contributed by atoms with Crippen molar-refractivity contribution < 1.29 is 19.8 Å². The Morgan fingerprint density at radius 2 is 1.52 bits per heavy atom. The number of rotatable bonds is 9. The SMILES string of the molecule is CCCCC(N)C(=O)O.N=C(N)NCCC[C@@H](N)C(=O)O. The van der Waals surface area contributed by atoms with E-state index in [0.29, 0.717) is 25.8 Å². The summed E-state index contributed by atoms with van der Waals surface area (Å²) < 4.78 is 0. The van der Waals surface area contributed by atoms with Crippen LogP contribution in [0.3, 0.4) is 0 Å². The molecule has 9 nitrogen and oxygen atoms in total. The molecule has 0 radical (unpaired) electrons. The molecule has 0 heterocycles. The van der Waals surface area contributed by atoms with Crippen molar-refractivity contribution in [3.8, 4) is 0 Å². The van der Waals surface area contributed by atoms with Crippen molar-refractivity contribution in [1.82, 2.24) is 5.32 Å². The van der Waals surface area contributed by atoms with E-state index in [4.69, 9.17) is 32.8 Å². The van der Waals surface area contributed by atoms with Crippen LogP contribution < -0.4 is 22.5 Å². The quantitative estimate of drug-likeness (QED) is 0.164. The van der Waals surface area contributed by atoms with Gasteiger partial charge in [0.15, 0.2) is 5.96 Å². The van der Waals surface area contributed by atoms with Gasteiger partial charge in [-0.15, -0.1) is 0 Å². The lowest BCUT2D eigenvalue weighted by atomic mass is 10.1. The van der Waals surface area contributed by atoms with Crippen LogP contribution in [0.2, 0.25) is 0 Å². The summed E-state index contributed by atoms with van der Waals surface area (Å²) >= 11 is 0. The monoisotopic (exact) mass is 305 g/mol. The molecule has 0 aromatic carbocycles. The maximum Gasteiger partial charge on any atom is 0.320 e. The molecule has 0 aliphatic rings. The average Bonchev–Trinajstić information content (AvgIpc) is 2.40. The maximum absolute atomic E-state index is 10.2. The first-order valence-corrected chi connectivity index (χ1v) is 6.77. The van der Waals surface area contributed by atoms with E-state index >= 15 is 0 Å². The van der Waals surface area contributed by atoms with Crippen LogP contribution >= 0.6 is 0 Å². The topological polar surface area (TPSA) is 189 Å². The highest BCUT2D eigenvalue weighted by Gasteiger charge is 2.09. The number of hydrogen-bond acceptors (Lipinski definition) is 5. The number of aliphatic carboxylic acids is 2. The summed E-state index contributed by atoms with van der Waals surface area (Å²) in [5.74, 6) is -2.01. The molecule has 0 rings (SSSR count). The predicted octanol–water partition coefficient (Wildman–Crippen LogP) is -0.750.